The number of rotatable bonds is 9. The van der Waals surface area contributed by atoms with Gasteiger partial charge in [-0.15, -0.1) is 0 Å². The van der Waals surface area contributed by atoms with E-state index in [0.717, 1.165) is 4.90 Å². The normalized spacial score (nSPS) is 19.1. The number of amides is 2. The minimum atomic E-state index is -1.41. The Labute approximate surface area is 142 Å². The SMILES string of the molecule is N[C@@H](CC(=O)O)C(=O)N[C@@H](CCC(=O)O)C(=O)N1CCC[C@H]1C(=O)O. The van der Waals surface area contributed by atoms with E-state index in [1.807, 2.05) is 0 Å². The fourth-order valence-electron chi connectivity index (χ4n) is 2.57. The Bertz CT molecular complexity index is 564. The van der Waals surface area contributed by atoms with E-state index >= 15 is 0 Å². The number of carboxylic acid groups (broad SMARTS) is 3. The smallest absolute Gasteiger partial charge is 0.326 e. The molecule has 3 atom stereocenters. The third-order valence-electron chi connectivity index (χ3n) is 3.81. The van der Waals surface area contributed by atoms with Gasteiger partial charge in [-0.3, -0.25) is 19.2 Å². The topological polar surface area (TPSA) is 187 Å². The molecule has 11 heteroatoms. The van der Waals surface area contributed by atoms with Crippen LogP contribution in [0.1, 0.15) is 32.1 Å². The second kappa shape index (κ2) is 8.97. The lowest BCUT2D eigenvalue weighted by atomic mass is 10.1. The summed E-state index contributed by atoms with van der Waals surface area (Å²) < 4.78 is 0. The largest absolute Gasteiger partial charge is 0.481 e. The van der Waals surface area contributed by atoms with Crippen LogP contribution in [0.15, 0.2) is 0 Å². The van der Waals surface area contributed by atoms with E-state index in [2.05, 4.69) is 5.32 Å². The lowest BCUT2D eigenvalue weighted by molar-refractivity contribution is -0.150. The summed E-state index contributed by atoms with van der Waals surface area (Å²) in [5.74, 6) is -5.32. The Morgan fingerprint density at radius 2 is 1.76 bits per heavy atom. The summed E-state index contributed by atoms with van der Waals surface area (Å²) in [6, 6.07) is -3.74. The minimum Gasteiger partial charge on any atom is -0.481 e. The molecular formula is C14H21N3O8. The van der Waals surface area contributed by atoms with Crippen LogP contribution < -0.4 is 11.1 Å². The number of nitrogens with two attached hydrogens (primary N) is 1. The first kappa shape index (κ1) is 20.4. The van der Waals surface area contributed by atoms with Gasteiger partial charge in [0.25, 0.3) is 0 Å². The number of nitrogens with zero attached hydrogens (tertiary/aromatic N) is 1. The van der Waals surface area contributed by atoms with Gasteiger partial charge in [0.05, 0.1) is 12.5 Å². The first-order chi connectivity index (χ1) is 11.6. The number of likely N-dealkylation sites (tertiary alicyclic amines) is 1. The number of carbonyl (C=O) groups is 5. The molecule has 1 heterocycles. The summed E-state index contributed by atoms with van der Waals surface area (Å²) in [6.45, 7) is 0.177. The maximum Gasteiger partial charge on any atom is 0.326 e. The molecule has 1 rings (SSSR count). The Morgan fingerprint density at radius 3 is 2.28 bits per heavy atom. The Kier molecular flexibility index (Phi) is 7.30. The van der Waals surface area contributed by atoms with Gasteiger partial charge in [-0.05, 0) is 19.3 Å². The van der Waals surface area contributed by atoms with Crippen LogP contribution in [-0.4, -0.2) is 74.6 Å². The molecule has 0 radical (unpaired) electrons. The summed E-state index contributed by atoms with van der Waals surface area (Å²) in [5.41, 5.74) is 5.42. The molecule has 11 nitrogen and oxygen atoms in total. The first-order valence-electron chi connectivity index (χ1n) is 7.66. The summed E-state index contributed by atoms with van der Waals surface area (Å²) in [6.07, 6.45) is -0.619. The number of aliphatic carboxylic acids is 3. The zero-order chi connectivity index (χ0) is 19.1. The van der Waals surface area contributed by atoms with Crippen LogP contribution in [0.25, 0.3) is 0 Å². The van der Waals surface area contributed by atoms with E-state index < -0.39 is 60.7 Å². The zero-order valence-corrected chi connectivity index (χ0v) is 13.4. The molecule has 6 N–H and O–H groups in total. The van der Waals surface area contributed by atoms with E-state index in [-0.39, 0.29) is 19.4 Å². The van der Waals surface area contributed by atoms with Crippen LogP contribution >= 0.6 is 0 Å². The van der Waals surface area contributed by atoms with Gasteiger partial charge in [-0.25, -0.2) is 4.79 Å². The third-order valence-corrected chi connectivity index (χ3v) is 3.81. The number of hydrogen-bond donors (Lipinski definition) is 5. The molecule has 25 heavy (non-hydrogen) atoms. The highest BCUT2D eigenvalue weighted by atomic mass is 16.4. The molecule has 0 aromatic carbocycles. The summed E-state index contributed by atoms with van der Waals surface area (Å²) in [5, 5.41) is 28.8. The van der Waals surface area contributed by atoms with Crippen molar-refractivity contribution in [2.24, 2.45) is 5.73 Å². The Balaban J connectivity index is 2.86. The van der Waals surface area contributed by atoms with Crippen molar-refractivity contribution in [1.29, 1.82) is 0 Å². The molecule has 1 fully saturated rings. The molecular weight excluding hydrogens is 338 g/mol. The second-order valence-electron chi connectivity index (χ2n) is 5.73. The van der Waals surface area contributed by atoms with Crippen LogP contribution in [0.5, 0.6) is 0 Å². The van der Waals surface area contributed by atoms with E-state index in [1.165, 1.54) is 0 Å². The van der Waals surface area contributed by atoms with Gasteiger partial charge in [0.2, 0.25) is 11.8 Å². The van der Waals surface area contributed by atoms with Crippen molar-refractivity contribution < 1.29 is 39.3 Å². The lowest BCUT2D eigenvalue weighted by Crippen LogP contribution is -2.54. The van der Waals surface area contributed by atoms with Gasteiger partial charge in [0, 0.05) is 13.0 Å². The summed E-state index contributed by atoms with van der Waals surface area (Å²) >= 11 is 0. The number of carbonyl (C=O) groups excluding carboxylic acids is 2. The fraction of sp³-hybridized carbons (Fsp3) is 0.643. The van der Waals surface area contributed by atoms with Gasteiger partial charge in [0.15, 0.2) is 0 Å². The maximum atomic E-state index is 12.6. The number of carboxylic acids is 3. The van der Waals surface area contributed by atoms with Gasteiger partial charge < -0.3 is 31.3 Å². The average Bonchev–Trinajstić information content (AvgIpc) is 2.99. The standard InChI is InChI=1S/C14H21N3O8/c15-7(6-11(20)21)12(22)16-8(3-4-10(18)19)13(23)17-5-1-2-9(17)14(24)25/h7-9H,1-6,15H2,(H,16,22)(H,18,19)(H,20,21)(H,24,25)/t7-,8-,9-/m0/s1. The van der Waals surface area contributed by atoms with Crippen molar-refractivity contribution in [2.75, 3.05) is 6.54 Å². The van der Waals surface area contributed by atoms with Crippen molar-refractivity contribution in [1.82, 2.24) is 10.2 Å². The predicted molar refractivity (Wildman–Crippen MR) is 81.4 cm³/mol. The fourth-order valence-corrected chi connectivity index (χ4v) is 2.57. The second-order valence-corrected chi connectivity index (χ2v) is 5.73. The molecule has 140 valence electrons. The van der Waals surface area contributed by atoms with E-state index in [9.17, 15) is 24.0 Å². The molecule has 0 aromatic heterocycles. The molecule has 0 aliphatic carbocycles. The van der Waals surface area contributed by atoms with Crippen LogP contribution in [0, 0.1) is 0 Å². The Morgan fingerprint density at radius 1 is 1.12 bits per heavy atom. The van der Waals surface area contributed by atoms with Crippen molar-refractivity contribution in [3.63, 3.8) is 0 Å². The first-order valence-corrected chi connectivity index (χ1v) is 7.66. The molecule has 0 spiro atoms. The molecule has 0 bridgehead atoms. The van der Waals surface area contributed by atoms with Crippen LogP contribution in [0.2, 0.25) is 0 Å². The monoisotopic (exact) mass is 359 g/mol. The van der Waals surface area contributed by atoms with Crippen molar-refractivity contribution in [2.45, 2.75) is 50.2 Å². The van der Waals surface area contributed by atoms with E-state index in [0.29, 0.717) is 6.42 Å². The molecule has 2 amide bonds. The van der Waals surface area contributed by atoms with E-state index in [1.54, 1.807) is 0 Å². The lowest BCUT2D eigenvalue weighted by Gasteiger charge is -2.27. The highest BCUT2D eigenvalue weighted by molar-refractivity contribution is 5.93. The van der Waals surface area contributed by atoms with Crippen LogP contribution in [-0.2, 0) is 24.0 Å². The molecule has 1 saturated heterocycles. The highest BCUT2D eigenvalue weighted by Gasteiger charge is 2.38. The minimum absolute atomic E-state index is 0.177. The van der Waals surface area contributed by atoms with E-state index in [4.69, 9.17) is 21.1 Å². The van der Waals surface area contributed by atoms with Crippen molar-refractivity contribution in [3.8, 4) is 0 Å². The molecule has 0 saturated carbocycles. The number of hydrogen-bond acceptors (Lipinski definition) is 6. The third kappa shape index (κ3) is 6.03. The molecule has 1 aliphatic rings. The maximum absolute atomic E-state index is 12.6. The van der Waals surface area contributed by atoms with Crippen LogP contribution in [0.3, 0.4) is 0 Å². The van der Waals surface area contributed by atoms with Crippen LogP contribution in [0.4, 0.5) is 0 Å². The quantitative estimate of drug-likeness (QED) is 0.317. The van der Waals surface area contributed by atoms with Crippen molar-refractivity contribution in [3.05, 3.63) is 0 Å². The van der Waals surface area contributed by atoms with Gasteiger partial charge in [-0.2, -0.15) is 0 Å². The summed E-state index contributed by atoms with van der Waals surface area (Å²) in [4.78, 5) is 58.1. The van der Waals surface area contributed by atoms with Crippen molar-refractivity contribution >= 4 is 29.7 Å². The highest BCUT2D eigenvalue weighted by Crippen LogP contribution is 2.19. The van der Waals surface area contributed by atoms with Gasteiger partial charge in [0.1, 0.15) is 12.1 Å². The van der Waals surface area contributed by atoms with Gasteiger partial charge in [-0.1, -0.05) is 0 Å². The summed E-state index contributed by atoms with van der Waals surface area (Å²) in [7, 11) is 0. The molecule has 1 aliphatic heterocycles. The molecule has 0 aromatic rings. The zero-order valence-electron chi connectivity index (χ0n) is 13.4. The Hall–Kier alpha value is -2.69. The number of nitrogens with one attached hydrogen (secondary N) is 1. The van der Waals surface area contributed by atoms with Gasteiger partial charge >= 0.3 is 17.9 Å². The predicted octanol–water partition coefficient (Wildman–Crippen LogP) is -1.79. The average molecular weight is 359 g/mol. The molecule has 0 unspecified atom stereocenters.